The number of nitrogens with zero attached hydrogens (tertiary/aromatic N) is 3. The van der Waals surface area contributed by atoms with E-state index in [4.69, 9.17) is 19.7 Å². The maximum absolute atomic E-state index is 10.2. The van der Waals surface area contributed by atoms with Crippen LogP contribution in [0.3, 0.4) is 0 Å². The fraction of sp³-hybridized carbons (Fsp3) is 0.323. The average molecular weight is 482 g/mol. The molecule has 5 nitrogen and oxygen atoms in total. The second-order valence-electron chi connectivity index (χ2n) is 9.38. The van der Waals surface area contributed by atoms with Crippen molar-refractivity contribution >= 4 is 0 Å². The SMILES string of the molecule is CCCCCCC(O)COc1ccc(-c2nc(-c3ccc(C)cc3)nc(-c3ccc(C)cc3)n2)cc1. The molecule has 0 amide bonds. The minimum absolute atomic E-state index is 0.298. The summed E-state index contributed by atoms with van der Waals surface area (Å²) in [6.45, 7) is 6.62. The van der Waals surface area contributed by atoms with Crippen LogP contribution in [0.2, 0.25) is 0 Å². The molecule has 1 unspecified atom stereocenters. The van der Waals surface area contributed by atoms with Crippen molar-refractivity contribution in [2.75, 3.05) is 6.61 Å². The van der Waals surface area contributed by atoms with E-state index in [0.717, 1.165) is 41.7 Å². The van der Waals surface area contributed by atoms with Gasteiger partial charge in [0, 0.05) is 16.7 Å². The molecule has 0 aliphatic heterocycles. The first kappa shape index (κ1) is 25.5. The van der Waals surface area contributed by atoms with E-state index in [1.54, 1.807) is 0 Å². The number of aliphatic hydroxyl groups excluding tert-OH is 1. The van der Waals surface area contributed by atoms with Crippen LogP contribution in [0.1, 0.15) is 50.2 Å². The summed E-state index contributed by atoms with van der Waals surface area (Å²) in [4.78, 5) is 14.4. The molecule has 0 bridgehead atoms. The summed E-state index contributed by atoms with van der Waals surface area (Å²) in [5, 5.41) is 10.2. The monoisotopic (exact) mass is 481 g/mol. The van der Waals surface area contributed by atoms with E-state index in [2.05, 4.69) is 45.0 Å². The Hall–Kier alpha value is -3.57. The van der Waals surface area contributed by atoms with Gasteiger partial charge in [-0.25, -0.2) is 15.0 Å². The fourth-order valence-electron chi connectivity index (χ4n) is 3.95. The zero-order valence-corrected chi connectivity index (χ0v) is 21.4. The van der Waals surface area contributed by atoms with E-state index in [1.807, 2.05) is 48.5 Å². The molecular formula is C31H35N3O2. The lowest BCUT2D eigenvalue weighted by molar-refractivity contribution is 0.0975. The summed E-state index contributed by atoms with van der Waals surface area (Å²) in [7, 11) is 0. The number of hydrogen-bond acceptors (Lipinski definition) is 5. The Balaban J connectivity index is 1.55. The number of hydrogen-bond donors (Lipinski definition) is 1. The first-order chi connectivity index (χ1) is 17.5. The van der Waals surface area contributed by atoms with Crippen molar-refractivity contribution in [2.24, 2.45) is 0 Å². The Morgan fingerprint density at radius 2 is 1.08 bits per heavy atom. The highest BCUT2D eigenvalue weighted by Gasteiger charge is 2.13. The smallest absolute Gasteiger partial charge is 0.164 e. The van der Waals surface area contributed by atoms with Gasteiger partial charge in [-0.05, 0) is 44.5 Å². The highest BCUT2D eigenvalue weighted by atomic mass is 16.5. The second kappa shape index (κ2) is 12.4. The highest BCUT2D eigenvalue weighted by molar-refractivity contribution is 5.66. The molecular weight excluding hydrogens is 446 g/mol. The first-order valence-corrected chi connectivity index (χ1v) is 12.8. The minimum Gasteiger partial charge on any atom is -0.491 e. The van der Waals surface area contributed by atoms with Crippen LogP contribution < -0.4 is 4.74 Å². The van der Waals surface area contributed by atoms with E-state index in [9.17, 15) is 5.11 Å². The predicted octanol–water partition coefficient (Wildman–Crippen LogP) is 7.20. The Morgan fingerprint density at radius 3 is 1.53 bits per heavy atom. The van der Waals surface area contributed by atoms with Crippen molar-refractivity contribution in [3.63, 3.8) is 0 Å². The van der Waals surface area contributed by atoms with E-state index in [-0.39, 0.29) is 0 Å². The largest absolute Gasteiger partial charge is 0.491 e. The predicted molar refractivity (Wildman–Crippen MR) is 146 cm³/mol. The summed E-state index contributed by atoms with van der Waals surface area (Å²) in [5.41, 5.74) is 5.16. The van der Waals surface area contributed by atoms with Crippen LogP contribution in [0.4, 0.5) is 0 Å². The Kier molecular flexibility index (Phi) is 8.80. The van der Waals surface area contributed by atoms with E-state index >= 15 is 0 Å². The van der Waals surface area contributed by atoms with Crippen molar-refractivity contribution in [1.29, 1.82) is 0 Å². The number of aryl methyl sites for hydroxylation is 2. The molecule has 0 spiro atoms. The highest BCUT2D eigenvalue weighted by Crippen LogP contribution is 2.26. The topological polar surface area (TPSA) is 68.1 Å². The van der Waals surface area contributed by atoms with Crippen LogP contribution in [-0.4, -0.2) is 32.8 Å². The molecule has 1 aromatic heterocycles. The van der Waals surface area contributed by atoms with Crippen LogP contribution >= 0.6 is 0 Å². The molecule has 0 aliphatic rings. The Labute approximate surface area is 214 Å². The van der Waals surface area contributed by atoms with Crippen molar-refractivity contribution in [1.82, 2.24) is 15.0 Å². The maximum Gasteiger partial charge on any atom is 0.164 e. The summed E-state index contributed by atoms with van der Waals surface area (Å²) in [5.74, 6) is 2.61. The standard InChI is InChI=1S/C31H35N3O2/c1-4-5-6-7-8-27(35)21-36-28-19-17-26(18-20-28)31-33-29(24-13-9-22(2)10-14-24)32-30(34-31)25-15-11-23(3)12-16-25/h9-20,27,35H,4-8,21H2,1-3H3. The summed E-state index contributed by atoms with van der Waals surface area (Å²) in [6, 6.07) is 24.1. The molecule has 0 saturated heterocycles. The number of rotatable bonds is 11. The summed E-state index contributed by atoms with van der Waals surface area (Å²) < 4.78 is 5.82. The molecule has 5 heteroatoms. The number of aliphatic hydroxyl groups is 1. The lowest BCUT2D eigenvalue weighted by Crippen LogP contribution is -2.17. The molecule has 0 fully saturated rings. The molecule has 0 saturated carbocycles. The van der Waals surface area contributed by atoms with Gasteiger partial charge in [-0.1, -0.05) is 92.3 Å². The molecule has 3 aromatic carbocycles. The van der Waals surface area contributed by atoms with Gasteiger partial charge in [0.2, 0.25) is 0 Å². The van der Waals surface area contributed by atoms with Crippen molar-refractivity contribution < 1.29 is 9.84 Å². The van der Waals surface area contributed by atoms with Gasteiger partial charge in [-0.2, -0.15) is 0 Å². The average Bonchev–Trinajstić information content (AvgIpc) is 2.91. The van der Waals surface area contributed by atoms with Crippen molar-refractivity contribution in [2.45, 2.75) is 59.0 Å². The molecule has 0 radical (unpaired) electrons. The third-order valence-electron chi connectivity index (χ3n) is 6.20. The molecule has 186 valence electrons. The number of ether oxygens (including phenoxy) is 1. The van der Waals surface area contributed by atoms with E-state index in [1.165, 1.54) is 24.0 Å². The molecule has 36 heavy (non-hydrogen) atoms. The number of aromatic nitrogens is 3. The molecule has 0 aliphatic carbocycles. The van der Waals surface area contributed by atoms with Gasteiger partial charge < -0.3 is 9.84 Å². The zero-order chi connectivity index (χ0) is 25.3. The van der Waals surface area contributed by atoms with Crippen LogP contribution in [0.25, 0.3) is 34.2 Å². The van der Waals surface area contributed by atoms with Gasteiger partial charge in [0.15, 0.2) is 17.5 Å². The third kappa shape index (κ3) is 6.98. The van der Waals surface area contributed by atoms with Crippen LogP contribution in [0, 0.1) is 13.8 Å². The normalized spacial score (nSPS) is 11.9. The van der Waals surface area contributed by atoms with Crippen LogP contribution in [0.5, 0.6) is 5.75 Å². The van der Waals surface area contributed by atoms with E-state index < -0.39 is 6.10 Å². The van der Waals surface area contributed by atoms with Crippen LogP contribution in [-0.2, 0) is 0 Å². The van der Waals surface area contributed by atoms with Crippen molar-refractivity contribution in [3.8, 4) is 39.9 Å². The first-order valence-electron chi connectivity index (χ1n) is 12.8. The summed E-state index contributed by atoms with van der Waals surface area (Å²) >= 11 is 0. The van der Waals surface area contributed by atoms with Crippen molar-refractivity contribution in [3.05, 3.63) is 83.9 Å². The van der Waals surface area contributed by atoms with Gasteiger partial charge in [0.05, 0.1) is 6.10 Å². The Bertz CT molecular complexity index is 1170. The van der Waals surface area contributed by atoms with Gasteiger partial charge in [-0.15, -0.1) is 0 Å². The second-order valence-corrected chi connectivity index (χ2v) is 9.38. The van der Waals surface area contributed by atoms with Gasteiger partial charge in [0.25, 0.3) is 0 Å². The molecule has 1 N–H and O–H groups in total. The van der Waals surface area contributed by atoms with Gasteiger partial charge in [0.1, 0.15) is 12.4 Å². The molecule has 1 heterocycles. The Morgan fingerprint density at radius 1 is 0.639 bits per heavy atom. The van der Waals surface area contributed by atoms with Gasteiger partial charge >= 0.3 is 0 Å². The molecule has 1 atom stereocenters. The van der Waals surface area contributed by atoms with E-state index in [0.29, 0.717) is 24.1 Å². The minimum atomic E-state index is -0.445. The third-order valence-corrected chi connectivity index (χ3v) is 6.20. The van der Waals surface area contributed by atoms with Crippen LogP contribution in [0.15, 0.2) is 72.8 Å². The zero-order valence-electron chi connectivity index (χ0n) is 21.4. The maximum atomic E-state index is 10.2. The number of benzene rings is 3. The lowest BCUT2D eigenvalue weighted by Gasteiger charge is -2.13. The quantitative estimate of drug-likeness (QED) is 0.229. The lowest BCUT2D eigenvalue weighted by atomic mass is 10.1. The molecule has 4 aromatic rings. The molecule has 4 rings (SSSR count). The number of unbranched alkanes of at least 4 members (excludes halogenated alkanes) is 3. The summed E-state index contributed by atoms with van der Waals surface area (Å²) in [6.07, 6.45) is 4.92. The fourth-order valence-corrected chi connectivity index (χ4v) is 3.95. The van der Waals surface area contributed by atoms with Gasteiger partial charge in [-0.3, -0.25) is 0 Å².